The Labute approximate surface area is 194 Å². The van der Waals surface area contributed by atoms with Gasteiger partial charge in [0.15, 0.2) is 0 Å². The van der Waals surface area contributed by atoms with Gasteiger partial charge in [0.1, 0.15) is 11.5 Å². The summed E-state index contributed by atoms with van der Waals surface area (Å²) in [5, 5.41) is 2.57. The zero-order valence-electron chi connectivity index (χ0n) is 19.2. The van der Waals surface area contributed by atoms with E-state index in [-0.39, 0.29) is 0 Å². The van der Waals surface area contributed by atoms with Gasteiger partial charge in [0.25, 0.3) is 0 Å². The van der Waals surface area contributed by atoms with E-state index in [1.165, 1.54) is 27.4 Å². The number of rotatable bonds is 6. The lowest BCUT2D eigenvalue weighted by atomic mass is 9.95. The first kappa shape index (κ1) is 20.9. The van der Waals surface area contributed by atoms with E-state index in [2.05, 4.69) is 84.3 Å². The van der Waals surface area contributed by atoms with E-state index in [1.807, 2.05) is 24.3 Å². The van der Waals surface area contributed by atoms with Crippen molar-refractivity contribution in [1.29, 1.82) is 0 Å². The third-order valence-corrected chi connectivity index (χ3v) is 6.23. The highest BCUT2D eigenvalue weighted by molar-refractivity contribution is 6.09. The quantitative estimate of drug-likeness (QED) is 0.260. The SMILES string of the molecule is CCn1c2ccccc2c2cc(C=C(c3ccc(OC)cc3)c3ccc(OC)cc3)ccc21. The van der Waals surface area contributed by atoms with Gasteiger partial charge in [0.2, 0.25) is 0 Å². The number of aryl methyl sites for hydroxylation is 1. The first-order valence-electron chi connectivity index (χ1n) is 11.2. The number of hydrogen-bond acceptors (Lipinski definition) is 2. The van der Waals surface area contributed by atoms with Crippen molar-refractivity contribution in [3.05, 3.63) is 108 Å². The molecule has 0 saturated carbocycles. The van der Waals surface area contributed by atoms with Crippen LogP contribution in [0.1, 0.15) is 23.6 Å². The van der Waals surface area contributed by atoms with Crippen LogP contribution in [0.2, 0.25) is 0 Å². The van der Waals surface area contributed by atoms with Crippen LogP contribution in [0.15, 0.2) is 91.0 Å². The first-order chi connectivity index (χ1) is 16.2. The van der Waals surface area contributed by atoms with Crippen LogP contribution in [0.3, 0.4) is 0 Å². The predicted octanol–water partition coefficient (Wildman–Crippen LogP) is 7.42. The number of benzene rings is 4. The van der Waals surface area contributed by atoms with Crippen molar-refractivity contribution in [1.82, 2.24) is 4.57 Å². The Bertz CT molecular complexity index is 1390. The predicted molar refractivity (Wildman–Crippen MR) is 138 cm³/mol. The molecule has 33 heavy (non-hydrogen) atoms. The number of ether oxygens (including phenoxy) is 2. The van der Waals surface area contributed by atoms with Crippen LogP contribution >= 0.6 is 0 Å². The fourth-order valence-corrected chi connectivity index (χ4v) is 4.54. The topological polar surface area (TPSA) is 23.4 Å². The molecule has 0 aliphatic rings. The molecule has 3 heteroatoms. The Morgan fingerprint density at radius 2 is 1.27 bits per heavy atom. The molecule has 5 aromatic rings. The summed E-state index contributed by atoms with van der Waals surface area (Å²) >= 11 is 0. The minimum atomic E-state index is 0.849. The van der Waals surface area contributed by atoms with Crippen molar-refractivity contribution in [2.75, 3.05) is 14.2 Å². The molecule has 0 radical (unpaired) electrons. The largest absolute Gasteiger partial charge is 0.497 e. The zero-order valence-corrected chi connectivity index (χ0v) is 19.2. The van der Waals surface area contributed by atoms with Crippen molar-refractivity contribution in [2.24, 2.45) is 0 Å². The Hall–Kier alpha value is -3.98. The highest BCUT2D eigenvalue weighted by Gasteiger charge is 2.11. The monoisotopic (exact) mass is 433 g/mol. The second-order valence-corrected chi connectivity index (χ2v) is 8.05. The molecule has 0 bridgehead atoms. The van der Waals surface area contributed by atoms with Crippen LogP contribution < -0.4 is 9.47 Å². The molecular weight excluding hydrogens is 406 g/mol. The maximum Gasteiger partial charge on any atom is 0.118 e. The fourth-order valence-electron chi connectivity index (χ4n) is 4.54. The molecule has 0 aliphatic carbocycles. The summed E-state index contributed by atoms with van der Waals surface area (Å²) < 4.78 is 13.1. The van der Waals surface area contributed by atoms with Crippen LogP contribution in [0.4, 0.5) is 0 Å². The highest BCUT2D eigenvalue weighted by atomic mass is 16.5. The van der Waals surface area contributed by atoms with Gasteiger partial charge in [0.05, 0.1) is 14.2 Å². The second kappa shape index (κ2) is 8.87. The van der Waals surface area contributed by atoms with E-state index >= 15 is 0 Å². The van der Waals surface area contributed by atoms with E-state index in [1.54, 1.807) is 14.2 Å². The van der Waals surface area contributed by atoms with Crippen LogP contribution in [-0.4, -0.2) is 18.8 Å². The summed E-state index contributed by atoms with van der Waals surface area (Å²) in [7, 11) is 3.38. The minimum absolute atomic E-state index is 0.849. The highest BCUT2D eigenvalue weighted by Crippen LogP contribution is 2.33. The molecule has 0 amide bonds. The number of fused-ring (bicyclic) bond motifs is 3. The molecule has 1 heterocycles. The Morgan fingerprint density at radius 1 is 0.697 bits per heavy atom. The van der Waals surface area contributed by atoms with Gasteiger partial charge < -0.3 is 14.0 Å². The van der Waals surface area contributed by atoms with Gasteiger partial charge in [0, 0.05) is 28.4 Å². The second-order valence-electron chi connectivity index (χ2n) is 8.05. The van der Waals surface area contributed by atoms with Crippen LogP contribution in [0.5, 0.6) is 11.5 Å². The summed E-state index contributed by atoms with van der Waals surface area (Å²) in [5.74, 6) is 1.70. The average Bonchev–Trinajstić information content (AvgIpc) is 3.20. The standard InChI is InChI=1S/C30H27NO2/c1-4-31-29-8-6-5-7-26(29)28-20-21(9-18-30(28)31)19-27(22-10-14-24(32-2)15-11-22)23-12-16-25(33-3)17-13-23/h5-20H,4H2,1-3H3. The molecule has 1 aromatic heterocycles. The normalized spacial score (nSPS) is 11.0. The summed E-state index contributed by atoms with van der Waals surface area (Å²) in [6, 6.07) is 31.8. The van der Waals surface area contributed by atoms with Gasteiger partial charge in [-0.25, -0.2) is 0 Å². The lowest BCUT2D eigenvalue weighted by Crippen LogP contribution is -1.93. The molecule has 0 N–H and O–H groups in total. The van der Waals surface area contributed by atoms with Gasteiger partial charge in [-0.3, -0.25) is 0 Å². The van der Waals surface area contributed by atoms with Crippen LogP contribution in [0.25, 0.3) is 33.5 Å². The Morgan fingerprint density at radius 3 is 1.85 bits per heavy atom. The maximum atomic E-state index is 5.37. The van der Waals surface area contributed by atoms with E-state index in [9.17, 15) is 0 Å². The van der Waals surface area contributed by atoms with Crippen molar-refractivity contribution in [2.45, 2.75) is 13.5 Å². The van der Waals surface area contributed by atoms with E-state index in [0.29, 0.717) is 0 Å². The molecular formula is C30H27NO2. The van der Waals surface area contributed by atoms with Crippen molar-refractivity contribution in [3.8, 4) is 11.5 Å². The molecule has 164 valence electrons. The van der Waals surface area contributed by atoms with Gasteiger partial charge in [-0.2, -0.15) is 0 Å². The summed E-state index contributed by atoms with van der Waals surface area (Å²) in [6.07, 6.45) is 2.26. The van der Waals surface area contributed by atoms with Gasteiger partial charge in [-0.1, -0.05) is 48.5 Å². The fraction of sp³-hybridized carbons (Fsp3) is 0.133. The van der Waals surface area contributed by atoms with E-state index in [0.717, 1.165) is 34.7 Å². The molecule has 0 saturated heterocycles. The lowest BCUT2D eigenvalue weighted by Gasteiger charge is -2.11. The zero-order chi connectivity index (χ0) is 22.8. The molecule has 0 spiro atoms. The minimum Gasteiger partial charge on any atom is -0.497 e. The van der Waals surface area contributed by atoms with Crippen molar-refractivity contribution >= 4 is 33.5 Å². The van der Waals surface area contributed by atoms with E-state index in [4.69, 9.17) is 9.47 Å². The number of hydrogen-bond donors (Lipinski definition) is 0. The molecule has 5 rings (SSSR count). The van der Waals surface area contributed by atoms with Gasteiger partial charge in [-0.05, 0) is 77.7 Å². The first-order valence-corrected chi connectivity index (χ1v) is 11.2. The molecule has 0 aliphatic heterocycles. The third-order valence-electron chi connectivity index (χ3n) is 6.23. The van der Waals surface area contributed by atoms with Crippen molar-refractivity contribution < 1.29 is 9.47 Å². The molecule has 0 unspecified atom stereocenters. The maximum absolute atomic E-state index is 5.37. The van der Waals surface area contributed by atoms with E-state index < -0.39 is 0 Å². The Kier molecular flexibility index (Phi) is 5.62. The number of aromatic nitrogens is 1. The average molecular weight is 434 g/mol. The molecule has 4 aromatic carbocycles. The van der Waals surface area contributed by atoms with Gasteiger partial charge in [-0.15, -0.1) is 0 Å². The smallest absolute Gasteiger partial charge is 0.118 e. The number of para-hydroxylation sites is 1. The molecule has 0 atom stereocenters. The van der Waals surface area contributed by atoms with Crippen molar-refractivity contribution in [3.63, 3.8) is 0 Å². The lowest BCUT2D eigenvalue weighted by molar-refractivity contribution is 0.414. The summed E-state index contributed by atoms with van der Waals surface area (Å²) in [5.41, 5.74) is 7.14. The molecule has 0 fully saturated rings. The van der Waals surface area contributed by atoms with Crippen LogP contribution in [-0.2, 0) is 6.54 Å². The number of nitrogens with zero attached hydrogens (tertiary/aromatic N) is 1. The van der Waals surface area contributed by atoms with Crippen LogP contribution in [0, 0.1) is 0 Å². The van der Waals surface area contributed by atoms with Gasteiger partial charge >= 0.3 is 0 Å². The summed E-state index contributed by atoms with van der Waals surface area (Å²) in [6.45, 7) is 3.15. The number of methoxy groups -OCH3 is 2. The molecule has 3 nitrogen and oxygen atoms in total. The third kappa shape index (κ3) is 3.87. The Balaban J connectivity index is 1.68. The summed E-state index contributed by atoms with van der Waals surface area (Å²) in [4.78, 5) is 0.